The molecule has 0 radical (unpaired) electrons. The number of nitrogens with one attached hydrogen (secondary N) is 1. The van der Waals surface area contributed by atoms with Gasteiger partial charge in [0.15, 0.2) is 0 Å². The highest BCUT2D eigenvalue weighted by molar-refractivity contribution is 5.90. The van der Waals surface area contributed by atoms with Crippen LogP contribution in [0.3, 0.4) is 0 Å². The third kappa shape index (κ3) is 9.76. The molecule has 3 aromatic rings. The van der Waals surface area contributed by atoms with E-state index in [-0.39, 0.29) is 16.9 Å². The summed E-state index contributed by atoms with van der Waals surface area (Å²) < 4.78 is 12.3. The molecule has 2 aromatic carbocycles. The molecule has 39 heavy (non-hydrogen) atoms. The van der Waals surface area contributed by atoms with Gasteiger partial charge in [0.2, 0.25) is 0 Å². The minimum atomic E-state index is -0.491. The summed E-state index contributed by atoms with van der Waals surface area (Å²) in [4.78, 5) is 24.0. The van der Waals surface area contributed by atoms with Gasteiger partial charge >= 0.3 is 12.2 Å². The van der Waals surface area contributed by atoms with Crippen LogP contribution in [0, 0.1) is 6.92 Å². The number of carbonyl (C=O) groups is 2. The maximum absolute atomic E-state index is 12.2. The standard InChI is InChI=1S/C17H23NO2.C16H25NO2/c1-16(2,3)13-8-7-12-9-10-18(14(12)11-13)15(19)20-17(4,5)6;1-11-8-9-12(15(2,3)4)10-13(11)17-14(18)19-16(5,6)7/h7-11H,1-6H3;8-10H,1-7H3,(H,17,18). The molecule has 0 unspecified atom stereocenters. The molecule has 0 atom stereocenters. The lowest BCUT2D eigenvalue weighted by Crippen LogP contribution is -2.27. The number of fused-ring (bicyclic) bond motifs is 1. The van der Waals surface area contributed by atoms with Gasteiger partial charge in [0.25, 0.3) is 0 Å². The van der Waals surface area contributed by atoms with Crippen LogP contribution in [0.4, 0.5) is 15.3 Å². The van der Waals surface area contributed by atoms with Gasteiger partial charge in [-0.2, -0.15) is 0 Å². The largest absolute Gasteiger partial charge is 0.444 e. The highest BCUT2D eigenvalue weighted by atomic mass is 16.6. The highest BCUT2D eigenvalue weighted by Gasteiger charge is 2.21. The first-order valence-corrected chi connectivity index (χ1v) is 13.5. The van der Waals surface area contributed by atoms with E-state index in [1.54, 1.807) is 10.8 Å². The Morgan fingerprint density at radius 3 is 1.72 bits per heavy atom. The lowest BCUT2D eigenvalue weighted by molar-refractivity contribution is 0.0543. The number of anilines is 1. The zero-order valence-corrected chi connectivity index (χ0v) is 26.2. The third-order valence-electron chi connectivity index (χ3n) is 5.89. The summed E-state index contributed by atoms with van der Waals surface area (Å²) in [6.07, 6.45) is 1.02. The average Bonchev–Trinajstić information content (AvgIpc) is 3.15. The Hall–Kier alpha value is -3.28. The molecule has 214 valence electrons. The van der Waals surface area contributed by atoms with E-state index in [2.05, 4.69) is 71.1 Å². The van der Waals surface area contributed by atoms with Gasteiger partial charge in [0, 0.05) is 17.3 Å². The molecule has 0 aliphatic rings. The summed E-state index contributed by atoms with van der Waals surface area (Å²) in [5.41, 5.74) is 4.24. The third-order valence-corrected chi connectivity index (χ3v) is 5.89. The predicted molar refractivity (Wildman–Crippen MR) is 162 cm³/mol. The number of amides is 1. The molecular formula is C33H48N2O4. The van der Waals surface area contributed by atoms with Gasteiger partial charge in [-0.15, -0.1) is 0 Å². The number of aryl methyl sites for hydroxylation is 1. The quantitative estimate of drug-likeness (QED) is 0.336. The number of hydrogen-bond acceptors (Lipinski definition) is 4. The molecule has 0 spiro atoms. The van der Waals surface area contributed by atoms with Crippen LogP contribution in [0.5, 0.6) is 0 Å². The van der Waals surface area contributed by atoms with E-state index in [4.69, 9.17) is 9.47 Å². The lowest BCUT2D eigenvalue weighted by Gasteiger charge is -2.23. The molecular weight excluding hydrogens is 488 g/mol. The van der Waals surface area contributed by atoms with Crippen LogP contribution in [0.15, 0.2) is 48.7 Å². The van der Waals surface area contributed by atoms with Crippen molar-refractivity contribution in [1.29, 1.82) is 0 Å². The average molecular weight is 537 g/mol. The minimum absolute atomic E-state index is 0.0528. The molecule has 0 aliphatic heterocycles. The van der Waals surface area contributed by atoms with Crippen LogP contribution in [-0.2, 0) is 20.3 Å². The molecule has 0 saturated carbocycles. The van der Waals surface area contributed by atoms with Crippen LogP contribution >= 0.6 is 0 Å². The van der Waals surface area contributed by atoms with Gasteiger partial charge in [0.1, 0.15) is 11.2 Å². The molecule has 1 amide bonds. The lowest BCUT2D eigenvalue weighted by atomic mass is 9.86. The molecule has 0 fully saturated rings. The summed E-state index contributed by atoms with van der Waals surface area (Å²) in [5, 5.41) is 3.86. The Balaban J connectivity index is 0.000000274. The van der Waals surface area contributed by atoms with E-state index >= 15 is 0 Å². The number of hydrogen-bond donors (Lipinski definition) is 1. The first kappa shape index (κ1) is 31.9. The van der Waals surface area contributed by atoms with E-state index in [1.807, 2.05) is 66.7 Å². The smallest absolute Gasteiger partial charge is 0.418 e. The van der Waals surface area contributed by atoms with Crippen LogP contribution in [0.25, 0.3) is 10.9 Å². The minimum Gasteiger partial charge on any atom is -0.444 e. The maximum atomic E-state index is 12.2. The van der Waals surface area contributed by atoms with Crippen molar-refractivity contribution in [2.45, 2.75) is 112 Å². The predicted octanol–water partition coefficient (Wildman–Crippen LogP) is 9.36. The normalized spacial score (nSPS) is 12.4. The highest BCUT2D eigenvalue weighted by Crippen LogP contribution is 2.28. The number of aromatic nitrogens is 1. The van der Waals surface area contributed by atoms with Crippen LogP contribution in [0.1, 0.15) is 99.8 Å². The fourth-order valence-corrected chi connectivity index (χ4v) is 3.70. The van der Waals surface area contributed by atoms with Crippen molar-refractivity contribution >= 4 is 28.8 Å². The van der Waals surface area contributed by atoms with E-state index in [0.29, 0.717) is 0 Å². The first-order valence-electron chi connectivity index (χ1n) is 13.5. The van der Waals surface area contributed by atoms with Crippen LogP contribution in [-0.4, -0.2) is 28.0 Å². The Bertz CT molecular complexity index is 1310. The summed E-state index contributed by atoms with van der Waals surface area (Å²) in [5.74, 6) is 0. The van der Waals surface area contributed by atoms with Gasteiger partial charge in [-0.1, -0.05) is 65.8 Å². The van der Waals surface area contributed by atoms with Crippen molar-refractivity contribution in [1.82, 2.24) is 4.57 Å². The van der Waals surface area contributed by atoms with Crippen LogP contribution in [0.2, 0.25) is 0 Å². The summed E-state index contributed by atoms with van der Waals surface area (Å²) in [7, 11) is 0. The second-order valence-electron chi connectivity index (χ2n) is 14.1. The van der Waals surface area contributed by atoms with Crippen molar-refractivity contribution in [3.63, 3.8) is 0 Å². The van der Waals surface area contributed by atoms with Crippen LogP contribution < -0.4 is 5.32 Å². The van der Waals surface area contributed by atoms with E-state index in [1.165, 1.54) is 11.1 Å². The molecule has 1 aromatic heterocycles. The van der Waals surface area contributed by atoms with Crippen molar-refractivity contribution in [3.8, 4) is 0 Å². The van der Waals surface area contributed by atoms with Gasteiger partial charge in [-0.05, 0) is 94.2 Å². The summed E-state index contributed by atoms with van der Waals surface area (Å²) in [6.45, 7) is 26.1. The van der Waals surface area contributed by atoms with Gasteiger partial charge < -0.3 is 9.47 Å². The second kappa shape index (κ2) is 11.4. The Kier molecular flexibility index (Phi) is 9.38. The van der Waals surface area contributed by atoms with Crippen molar-refractivity contribution in [2.75, 3.05) is 5.32 Å². The number of nitrogens with zero attached hydrogens (tertiary/aromatic N) is 1. The number of benzene rings is 2. The Morgan fingerprint density at radius 2 is 1.21 bits per heavy atom. The monoisotopic (exact) mass is 536 g/mol. The van der Waals surface area contributed by atoms with E-state index in [0.717, 1.165) is 22.2 Å². The van der Waals surface area contributed by atoms with E-state index in [9.17, 15) is 9.59 Å². The summed E-state index contributed by atoms with van der Waals surface area (Å²) in [6, 6.07) is 14.3. The number of ether oxygens (including phenoxy) is 2. The first-order chi connectivity index (χ1) is 17.6. The second-order valence-corrected chi connectivity index (χ2v) is 14.1. The van der Waals surface area contributed by atoms with Gasteiger partial charge in [-0.25, -0.2) is 9.59 Å². The molecule has 1 heterocycles. The van der Waals surface area contributed by atoms with E-state index < -0.39 is 17.3 Å². The molecule has 3 rings (SSSR count). The fraction of sp³-hybridized carbons (Fsp3) is 0.515. The fourth-order valence-electron chi connectivity index (χ4n) is 3.70. The van der Waals surface area contributed by atoms with Crippen molar-refractivity contribution < 1.29 is 19.1 Å². The number of carbonyl (C=O) groups excluding carboxylic acids is 2. The molecule has 0 saturated heterocycles. The molecule has 6 heteroatoms. The number of rotatable bonds is 1. The van der Waals surface area contributed by atoms with Crippen molar-refractivity contribution in [3.05, 3.63) is 65.4 Å². The summed E-state index contributed by atoms with van der Waals surface area (Å²) >= 11 is 0. The van der Waals surface area contributed by atoms with Crippen molar-refractivity contribution in [2.24, 2.45) is 0 Å². The molecule has 0 bridgehead atoms. The topological polar surface area (TPSA) is 69.6 Å². The zero-order valence-electron chi connectivity index (χ0n) is 26.2. The SMILES string of the molecule is CC(C)(C)OC(=O)n1ccc2ccc(C(C)(C)C)cc21.Cc1ccc(C(C)(C)C)cc1NC(=O)OC(C)(C)C. The zero-order chi connectivity index (χ0) is 30.0. The van der Waals surface area contributed by atoms with Gasteiger partial charge in [0.05, 0.1) is 5.52 Å². The molecule has 1 N–H and O–H groups in total. The molecule has 6 nitrogen and oxygen atoms in total. The Morgan fingerprint density at radius 1 is 0.692 bits per heavy atom. The maximum Gasteiger partial charge on any atom is 0.418 e. The molecule has 0 aliphatic carbocycles. The Labute approximate surface area is 235 Å². The van der Waals surface area contributed by atoms with Gasteiger partial charge in [-0.3, -0.25) is 9.88 Å².